The molecule has 0 spiro atoms. The maximum atomic E-state index is 5.92. The first kappa shape index (κ1) is 11.7. The van der Waals surface area contributed by atoms with Crippen LogP contribution in [0.5, 0.6) is 11.6 Å². The molecule has 0 bridgehead atoms. The number of ether oxygens (including phenoxy) is 2. The van der Waals surface area contributed by atoms with Gasteiger partial charge in [-0.15, -0.1) is 0 Å². The lowest BCUT2D eigenvalue weighted by Gasteiger charge is -2.06. The van der Waals surface area contributed by atoms with Gasteiger partial charge in [0.1, 0.15) is 10.9 Å². The van der Waals surface area contributed by atoms with Crippen molar-refractivity contribution in [2.75, 3.05) is 14.2 Å². The summed E-state index contributed by atoms with van der Waals surface area (Å²) in [4.78, 5) is 4.03. The van der Waals surface area contributed by atoms with Crippen LogP contribution in [0.25, 0.3) is 11.1 Å². The maximum Gasteiger partial charge on any atom is 0.214 e. The van der Waals surface area contributed by atoms with Gasteiger partial charge in [-0.1, -0.05) is 23.7 Å². The number of hydrogen-bond acceptors (Lipinski definition) is 3. The average Bonchev–Trinajstić information content (AvgIpc) is 2.38. The molecule has 0 aliphatic carbocycles. The van der Waals surface area contributed by atoms with Crippen LogP contribution in [0.2, 0.25) is 5.15 Å². The highest BCUT2D eigenvalue weighted by Gasteiger charge is 2.04. The monoisotopic (exact) mass is 249 g/mol. The fraction of sp³-hybridized carbons (Fsp3) is 0.154. The van der Waals surface area contributed by atoms with Crippen LogP contribution in [0.3, 0.4) is 0 Å². The molecular weight excluding hydrogens is 238 g/mol. The van der Waals surface area contributed by atoms with E-state index in [1.807, 2.05) is 30.3 Å². The van der Waals surface area contributed by atoms with Gasteiger partial charge in [-0.3, -0.25) is 0 Å². The number of halogens is 1. The number of hydrogen-bond donors (Lipinski definition) is 0. The molecule has 0 saturated carbocycles. The Bertz CT molecular complexity index is 511. The van der Waals surface area contributed by atoms with Gasteiger partial charge in [0.15, 0.2) is 0 Å². The molecule has 0 radical (unpaired) electrons. The summed E-state index contributed by atoms with van der Waals surface area (Å²) in [5.74, 6) is 1.32. The lowest BCUT2D eigenvalue weighted by atomic mass is 10.1. The Balaban J connectivity index is 2.41. The molecule has 1 aromatic carbocycles. The number of aromatic nitrogens is 1. The maximum absolute atomic E-state index is 5.92. The number of rotatable bonds is 3. The highest BCUT2D eigenvalue weighted by molar-refractivity contribution is 6.29. The lowest BCUT2D eigenvalue weighted by Crippen LogP contribution is -1.89. The number of pyridine rings is 1. The second-order valence-electron chi connectivity index (χ2n) is 3.45. The van der Waals surface area contributed by atoms with Gasteiger partial charge in [0.25, 0.3) is 0 Å². The molecule has 0 unspecified atom stereocenters. The fourth-order valence-corrected chi connectivity index (χ4v) is 1.73. The van der Waals surface area contributed by atoms with Crippen LogP contribution in [-0.4, -0.2) is 19.2 Å². The molecule has 0 amide bonds. The van der Waals surface area contributed by atoms with Crippen molar-refractivity contribution in [2.24, 2.45) is 0 Å². The van der Waals surface area contributed by atoms with Crippen LogP contribution in [0.4, 0.5) is 0 Å². The SMILES string of the molecule is COc1ccc(-c2cc(Cl)nc(OC)c2)cc1. The van der Waals surface area contributed by atoms with E-state index >= 15 is 0 Å². The van der Waals surface area contributed by atoms with Gasteiger partial charge >= 0.3 is 0 Å². The highest BCUT2D eigenvalue weighted by atomic mass is 35.5. The molecule has 0 atom stereocenters. The Hall–Kier alpha value is -1.74. The molecule has 0 fully saturated rings. The average molecular weight is 250 g/mol. The summed E-state index contributed by atoms with van der Waals surface area (Å²) in [7, 11) is 3.21. The van der Waals surface area contributed by atoms with E-state index in [0.29, 0.717) is 11.0 Å². The molecule has 0 saturated heterocycles. The molecule has 3 nitrogen and oxygen atoms in total. The van der Waals surface area contributed by atoms with Crippen LogP contribution in [0.15, 0.2) is 36.4 Å². The number of nitrogens with zero attached hydrogens (tertiary/aromatic N) is 1. The summed E-state index contributed by atoms with van der Waals surface area (Å²) in [5, 5.41) is 0.412. The largest absolute Gasteiger partial charge is 0.497 e. The van der Waals surface area contributed by atoms with Crippen LogP contribution < -0.4 is 9.47 Å². The molecule has 2 aromatic rings. The van der Waals surface area contributed by atoms with E-state index in [1.165, 1.54) is 0 Å². The first-order valence-electron chi connectivity index (χ1n) is 5.09. The zero-order valence-corrected chi connectivity index (χ0v) is 10.4. The van der Waals surface area contributed by atoms with Crippen molar-refractivity contribution in [3.8, 4) is 22.8 Å². The van der Waals surface area contributed by atoms with E-state index < -0.39 is 0 Å². The standard InChI is InChI=1S/C13H12ClNO2/c1-16-11-5-3-9(4-6-11)10-7-12(14)15-13(8-10)17-2/h3-8H,1-2H3. The van der Waals surface area contributed by atoms with E-state index in [9.17, 15) is 0 Å². The summed E-state index contributed by atoms with van der Waals surface area (Å²) in [6, 6.07) is 11.4. The summed E-state index contributed by atoms with van der Waals surface area (Å²) in [6.07, 6.45) is 0. The molecule has 1 aromatic heterocycles. The minimum absolute atomic E-state index is 0.412. The van der Waals surface area contributed by atoms with Crippen molar-refractivity contribution in [3.63, 3.8) is 0 Å². The minimum Gasteiger partial charge on any atom is -0.497 e. The zero-order chi connectivity index (χ0) is 12.3. The molecular formula is C13H12ClNO2. The fourth-order valence-electron chi connectivity index (χ4n) is 1.53. The molecule has 17 heavy (non-hydrogen) atoms. The van der Waals surface area contributed by atoms with Gasteiger partial charge in [0, 0.05) is 6.07 Å². The van der Waals surface area contributed by atoms with E-state index in [4.69, 9.17) is 21.1 Å². The third kappa shape index (κ3) is 2.68. The molecule has 1 heterocycles. The van der Waals surface area contributed by atoms with Gasteiger partial charge in [-0.05, 0) is 29.3 Å². The summed E-state index contributed by atoms with van der Waals surface area (Å²) < 4.78 is 10.2. The normalized spacial score (nSPS) is 10.1. The summed E-state index contributed by atoms with van der Waals surface area (Å²) in [6.45, 7) is 0. The minimum atomic E-state index is 0.412. The van der Waals surface area contributed by atoms with Crippen LogP contribution in [0.1, 0.15) is 0 Å². The predicted molar refractivity (Wildman–Crippen MR) is 67.8 cm³/mol. The lowest BCUT2D eigenvalue weighted by molar-refractivity contribution is 0.398. The smallest absolute Gasteiger partial charge is 0.214 e. The van der Waals surface area contributed by atoms with Gasteiger partial charge < -0.3 is 9.47 Å². The molecule has 0 aliphatic rings. The van der Waals surface area contributed by atoms with Crippen LogP contribution >= 0.6 is 11.6 Å². The molecule has 4 heteroatoms. The van der Waals surface area contributed by atoms with Crippen molar-refractivity contribution < 1.29 is 9.47 Å². The van der Waals surface area contributed by atoms with Crippen molar-refractivity contribution in [1.82, 2.24) is 4.98 Å². The molecule has 2 rings (SSSR count). The highest BCUT2D eigenvalue weighted by Crippen LogP contribution is 2.27. The predicted octanol–water partition coefficient (Wildman–Crippen LogP) is 3.42. The summed E-state index contributed by atoms with van der Waals surface area (Å²) >= 11 is 5.92. The second-order valence-corrected chi connectivity index (χ2v) is 3.84. The van der Waals surface area contributed by atoms with E-state index in [-0.39, 0.29) is 0 Å². The van der Waals surface area contributed by atoms with E-state index in [1.54, 1.807) is 20.3 Å². The van der Waals surface area contributed by atoms with Crippen molar-refractivity contribution >= 4 is 11.6 Å². The van der Waals surface area contributed by atoms with E-state index in [0.717, 1.165) is 16.9 Å². The van der Waals surface area contributed by atoms with Crippen molar-refractivity contribution in [1.29, 1.82) is 0 Å². The van der Waals surface area contributed by atoms with Gasteiger partial charge in [-0.2, -0.15) is 0 Å². The van der Waals surface area contributed by atoms with Gasteiger partial charge in [0.2, 0.25) is 5.88 Å². The number of benzene rings is 1. The Kier molecular flexibility index (Phi) is 3.49. The topological polar surface area (TPSA) is 31.4 Å². The second kappa shape index (κ2) is 5.06. The zero-order valence-electron chi connectivity index (χ0n) is 9.61. The number of methoxy groups -OCH3 is 2. The Morgan fingerprint density at radius 2 is 1.65 bits per heavy atom. The molecule has 0 N–H and O–H groups in total. The van der Waals surface area contributed by atoms with Crippen LogP contribution in [-0.2, 0) is 0 Å². The van der Waals surface area contributed by atoms with Crippen molar-refractivity contribution in [3.05, 3.63) is 41.6 Å². The van der Waals surface area contributed by atoms with E-state index in [2.05, 4.69) is 4.98 Å². The Morgan fingerprint density at radius 3 is 2.24 bits per heavy atom. The Labute approximate surface area is 105 Å². The first-order chi connectivity index (χ1) is 8.22. The molecule has 88 valence electrons. The van der Waals surface area contributed by atoms with Gasteiger partial charge in [-0.25, -0.2) is 4.98 Å². The third-order valence-electron chi connectivity index (χ3n) is 2.40. The Morgan fingerprint density at radius 1 is 0.941 bits per heavy atom. The third-order valence-corrected chi connectivity index (χ3v) is 2.60. The molecule has 0 aliphatic heterocycles. The van der Waals surface area contributed by atoms with Gasteiger partial charge in [0.05, 0.1) is 14.2 Å². The van der Waals surface area contributed by atoms with Crippen LogP contribution in [0, 0.1) is 0 Å². The summed E-state index contributed by atoms with van der Waals surface area (Å²) in [5.41, 5.74) is 2.00. The quantitative estimate of drug-likeness (QED) is 0.781. The van der Waals surface area contributed by atoms with Crippen molar-refractivity contribution in [2.45, 2.75) is 0 Å². The first-order valence-corrected chi connectivity index (χ1v) is 5.46.